The van der Waals surface area contributed by atoms with Gasteiger partial charge in [0, 0.05) is 72.8 Å². The molecule has 0 spiro atoms. The van der Waals surface area contributed by atoms with Crippen molar-refractivity contribution in [2.45, 2.75) is 13.0 Å². The quantitative estimate of drug-likeness (QED) is 0.307. The van der Waals surface area contributed by atoms with Gasteiger partial charge < -0.3 is 14.2 Å². The molecule has 172 valence electrons. The van der Waals surface area contributed by atoms with E-state index >= 15 is 0 Å². The maximum Gasteiger partial charge on any atom is 0.251 e. The van der Waals surface area contributed by atoms with Crippen LogP contribution < -0.4 is 10.5 Å². The molecule has 1 fully saturated rings. The Kier molecular flexibility index (Phi) is 6.63. The van der Waals surface area contributed by atoms with E-state index < -0.39 is 0 Å². The zero-order valence-electron chi connectivity index (χ0n) is 18.5. The molecule has 1 aromatic carbocycles. The zero-order chi connectivity index (χ0) is 23.7. The van der Waals surface area contributed by atoms with E-state index in [1.165, 1.54) is 0 Å². The van der Waals surface area contributed by atoms with Gasteiger partial charge in [-0.1, -0.05) is 12.1 Å². The Hall–Kier alpha value is -2.81. The zero-order valence-corrected chi connectivity index (χ0v) is 21.5. The Labute approximate surface area is 213 Å². The average molecular weight is 583 g/mol. The average Bonchev–Trinajstić information content (AvgIpc) is 3.27. The first kappa shape index (κ1) is 23.0. The van der Waals surface area contributed by atoms with Crippen LogP contribution in [-0.2, 0) is 4.74 Å². The molecule has 4 heterocycles. The summed E-state index contributed by atoms with van der Waals surface area (Å²) < 4.78 is 9.21. The lowest BCUT2D eigenvalue weighted by atomic mass is 10.0. The van der Waals surface area contributed by atoms with Crippen molar-refractivity contribution in [3.8, 4) is 17.2 Å². The number of nitriles is 1. The van der Waals surface area contributed by atoms with Gasteiger partial charge in [-0.3, -0.25) is 8.77 Å². The van der Waals surface area contributed by atoms with Crippen molar-refractivity contribution in [3.05, 3.63) is 82.5 Å². The number of hydrogen-bond acceptors (Lipinski definition) is 6. The van der Waals surface area contributed by atoms with Crippen molar-refractivity contribution >= 4 is 47.0 Å². The molecule has 1 unspecified atom stereocenters. The van der Waals surface area contributed by atoms with E-state index in [9.17, 15) is 10.1 Å². The van der Waals surface area contributed by atoms with Crippen molar-refractivity contribution < 1.29 is 4.74 Å². The maximum absolute atomic E-state index is 13.2. The van der Waals surface area contributed by atoms with Gasteiger partial charge in [0.2, 0.25) is 0 Å². The van der Waals surface area contributed by atoms with Crippen LogP contribution in [0.5, 0.6) is 0 Å². The Morgan fingerprint density at radius 1 is 1.21 bits per heavy atom. The van der Waals surface area contributed by atoms with Gasteiger partial charge in [0.1, 0.15) is 0 Å². The van der Waals surface area contributed by atoms with Crippen LogP contribution in [0.4, 0.5) is 5.69 Å². The first-order chi connectivity index (χ1) is 16.6. The molecule has 34 heavy (non-hydrogen) atoms. The first-order valence-electron chi connectivity index (χ1n) is 10.9. The summed E-state index contributed by atoms with van der Waals surface area (Å²) in [5.41, 5.74) is 5.19. The third-order valence-electron chi connectivity index (χ3n) is 6.22. The molecule has 0 saturated carbocycles. The molecule has 0 N–H and O–H groups in total. The van der Waals surface area contributed by atoms with E-state index in [4.69, 9.17) is 9.72 Å². The predicted molar refractivity (Wildman–Crippen MR) is 144 cm³/mol. The summed E-state index contributed by atoms with van der Waals surface area (Å²) in [4.78, 5) is 20.2. The number of pyridine rings is 2. The van der Waals surface area contributed by atoms with Crippen molar-refractivity contribution in [2.24, 2.45) is 0 Å². The lowest BCUT2D eigenvalue weighted by molar-refractivity contribution is 0.122. The van der Waals surface area contributed by atoms with Gasteiger partial charge in [0.15, 0.2) is 5.65 Å². The smallest absolute Gasteiger partial charge is 0.251 e. The minimum absolute atomic E-state index is 0.0901. The molecule has 3 aromatic heterocycles. The predicted octanol–water partition coefficient (Wildman–Crippen LogP) is 5.03. The van der Waals surface area contributed by atoms with Crippen LogP contribution in [0.15, 0.2) is 65.8 Å². The molecule has 0 amide bonds. The summed E-state index contributed by atoms with van der Waals surface area (Å²) in [5.74, 6) is 0. The molecule has 4 aromatic rings. The Balaban J connectivity index is 1.54. The normalized spacial score (nSPS) is 14.8. The van der Waals surface area contributed by atoms with Crippen molar-refractivity contribution in [1.82, 2.24) is 13.5 Å². The van der Waals surface area contributed by atoms with Gasteiger partial charge in [-0.15, -0.1) is 0 Å². The van der Waals surface area contributed by atoms with Crippen molar-refractivity contribution in [2.75, 3.05) is 31.2 Å². The van der Waals surface area contributed by atoms with E-state index in [1.807, 2.05) is 53.8 Å². The Morgan fingerprint density at radius 2 is 2.03 bits per heavy atom. The van der Waals surface area contributed by atoms with E-state index in [2.05, 4.69) is 38.2 Å². The highest BCUT2D eigenvalue weighted by Gasteiger charge is 2.18. The van der Waals surface area contributed by atoms with E-state index in [-0.39, 0.29) is 11.6 Å². The fraction of sp³-hybridized carbons (Fsp3) is 0.240. The van der Waals surface area contributed by atoms with E-state index in [0.717, 1.165) is 46.5 Å². The van der Waals surface area contributed by atoms with Crippen molar-refractivity contribution in [1.29, 1.82) is 5.26 Å². The lowest BCUT2D eigenvalue weighted by Gasteiger charge is -2.28. The van der Waals surface area contributed by atoms with Crippen LogP contribution in [0.2, 0.25) is 0 Å². The summed E-state index contributed by atoms with van der Waals surface area (Å²) in [6.45, 7) is 5.07. The number of ether oxygens (including phenoxy) is 1. The summed E-state index contributed by atoms with van der Waals surface area (Å²) in [5, 5.41) is 10.2. The monoisotopic (exact) mass is 583 g/mol. The summed E-state index contributed by atoms with van der Waals surface area (Å²) >= 11 is 2.24. The molecule has 1 atom stereocenters. The molecule has 5 rings (SSSR count). The van der Waals surface area contributed by atoms with Gasteiger partial charge in [-0.2, -0.15) is 5.26 Å². The molecular formula is C25H22IN5O2S. The van der Waals surface area contributed by atoms with E-state index in [0.29, 0.717) is 18.8 Å². The number of halogens is 1. The Bertz CT molecular complexity index is 1450. The fourth-order valence-corrected chi connectivity index (χ4v) is 5.61. The number of benzene rings is 1. The summed E-state index contributed by atoms with van der Waals surface area (Å²) in [6, 6.07) is 15.2. The largest absolute Gasteiger partial charge is 0.378 e. The van der Waals surface area contributed by atoms with Crippen LogP contribution in [0, 0.1) is 11.3 Å². The van der Waals surface area contributed by atoms with Crippen LogP contribution in [0.25, 0.3) is 22.2 Å². The van der Waals surface area contributed by atoms with Crippen molar-refractivity contribution in [3.63, 3.8) is 0 Å². The van der Waals surface area contributed by atoms with Gasteiger partial charge in [-0.25, -0.2) is 4.98 Å². The van der Waals surface area contributed by atoms with Gasteiger partial charge in [-0.05, 0) is 42.3 Å². The van der Waals surface area contributed by atoms with Gasteiger partial charge in [0.25, 0.3) is 5.56 Å². The second-order valence-corrected chi connectivity index (χ2v) is 9.89. The minimum atomic E-state index is -0.185. The fourth-order valence-electron chi connectivity index (χ4n) is 4.35. The molecular weight excluding hydrogens is 561 g/mol. The standard InChI is InChI=1S/C25H22IN5O2S/c1-17(19-4-2-3-18(11-19)14-27)30-6-5-20(12-24(30)32)23-16-31(34-26)25-22(23)13-21(15-28-25)29-7-9-33-10-8-29/h2-6,11-13,15-17H,7-10H2,1H3. The molecule has 9 heteroatoms. The highest BCUT2D eigenvalue weighted by Crippen LogP contribution is 2.35. The highest BCUT2D eigenvalue weighted by molar-refractivity contribution is 14.2. The van der Waals surface area contributed by atoms with Crippen LogP contribution in [-0.4, -0.2) is 39.8 Å². The number of rotatable bonds is 5. The Morgan fingerprint density at radius 3 is 2.76 bits per heavy atom. The number of anilines is 1. The van der Waals surface area contributed by atoms with Crippen LogP contribution in [0.1, 0.15) is 24.1 Å². The molecule has 7 nitrogen and oxygen atoms in total. The number of fused-ring (bicyclic) bond motifs is 1. The summed E-state index contributed by atoms with van der Waals surface area (Å²) in [6.07, 6.45) is 5.79. The third-order valence-corrected chi connectivity index (χ3v) is 7.92. The van der Waals surface area contributed by atoms with E-state index in [1.54, 1.807) is 25.8 Å². The first-order valence-corrected chi connectivity index (χ1v) is 14.3. The SMILES string of the molecule is CC(c1cccc(C#N)c1)n1ccc(-c2cn(SI)c3ncc(N4CCOCC4)cc23)cc1=O. The topological polar surface area (TPSA) is 76.1 Å². The van der Waals surface area contributed by atoms with Crippen LogP contribution >= 0.6 is 30.3 Å². The number of hydrogen-bond donors (Lipinski definition) is 0. The number of nitrogens with zero attached hydrogens (tertiary/aromatic N) is 5. The molecule has 0 aliphatic carbocycles. The minimum Gasteiger partial charge on any atom is -0.378 e. The lowest BCUT2D eigenvalue weighted by Crippen LogP contribution is -2.36. The number of aromatic nitrogens is 3. The molecule has 1 aliphatic heterocycles. The number of morpholine rings is 1. The molecule has 1 aliphatic rings. The third kappa shape index (κ3) is 4.33. The summed E-state index contributed by atoms with van der Waals surface area (Å²) in [7, 11) is 1.55. The highest BCUT2D eigenvalue weighted by atomic mass is 127. The molecule has 1 saturated heterocycles. The second kappa shape index (κ2) is 9.82. The van der Waals surface area contributed by atoms with Gasteiger partial charge in [0.05, 0.1) is 42.8 Å². The van der Waals surface area contributed by atoms with Crippen LogP contribution in [0.3, 0.4) is 0 Å². The maximum atomic E-state index is 13.2. The van der Waals surface area contributed by atoms with Gasteiger partial charge >= 0.3 is 0 Å². The molecule has 0 radical (unpaired) electrons. The molecule has 0 bridgehead atoms. The second-order valence-electron chi connectivity index (χ2n) is 8.18.